The molecule has 1 aliphatic carbocycles. The maximum Gasteiger partial charge on any atom is 0.0547 e. The summed E-state index contributed by atoms with van der Waals surface area (Å²) in [4.78, 5) is 3.65. The van der Waals surface area contributed by atoms with Crippen molar-refractivity contribution < 1.29 is 0 Å². The average Bonchev–Trinajstić information content (AvgIpc) is 3.11. The highest BCUT2D eigenvalue weighted by Crippen LogP contribution is 2.40. The number of hydrogen-bond donors (Lipinski definition) is 1. The molecule has 96 valence electrons. The molecule has 0 saturated carbocycles. The van der Waals surface area contributed by atoms with Crippen LogP contribution in [0.25, 0.3) is 32.6 Å². The molecule has 1 N–H and O–H groups in total. The SMILES string of the molecule is c1ccc2c(c1)[nH]c1c3ccccc3c3c(c21)CCC3. The van der Waals surface area contributed by atoms with Gasteiger partial charge in [-0.3, -0.25) is 0 Å². The Bertz CT molecular complexity index is 975. The van der Waals surface area contributed by atoms with Gasteiger partial charge < -0.3 is 4.98 Å². The van der Waals surface area contributed by atoms with Crippen molar-refractivity contribution in [1.29, 1.82) is 0 Å². The summed E-state index contributed by atoms with van der Waals surface area (Å²) in [6.45, 7) is 0. The molecule has 0 amide bonds. The van der Waals surface area contributed by atoms with Crippen LogP contribution in [0.2, 0.25) is 0 Å². The summed E-state index contributed by atoms with van der Waals surface area (Å²) in [5.74, 6) is 0. The van der Waals surface area contributed by atoms with Crippen molar-refractivity contribution in [2.75, 3.05) is 0 Å². The van der Waals surface area contributed by atoms with E-state index in [0.717, 1.165) is 0 Å². The highest BCUT2D eigenvalue weighted by atomic mass is 14.7. The Hall–Kier alpha value is -2.28. The van der Waals surface area contributed by atoms with Gasteiger partial charge in [-0.05, 0) is 41.8 Å². The molecule has 0 atom stereocenters. The fraction of sp³-hybridized carbons (Fsp3) is 0.158. The Balaban J connectivity index is 2.16. The minimum atomic E-state index is 1.22. The molecule has 1 heterocycles. The Kier molecular flexibility index (Phi) is 1.91. The van der Waals surface area contributed by atoms with Crippen LogP contribution in [0.4, 0.5) is 0 Å². The average molecular weight is 257 g/mol. The second-order valence-electron chi connectivity index (χ2n) is 5.78. The molecular formula is C19H15N. The highest BCUT2D eigenvalue weighted by Gasteiger charge is 2.21. The lowest BCUT2D eigenvalue weighted by Gasteiger charge is -2.08. The van der Waals surface area contributed by atoms with Crippen molar-refractivity contribution in [3.05, 3.63) is 59.7 Å². The zero-order valence-corrected chi connectivity index (χ0v) is 11.2. The number of fused-ring (bicyclic) bond motifs is 8. The molecule has 3 aromatic carbocycles. The van der Waals surface area contributed by atoms with Gasteiger partial charge in [0.2, 0.25) is 0 Å². The number of aromatic nitrogens is 1. The first-order valence-corrected chi connectivity index (χ1v) is 7.36. The minimum absolute atomic E-state index is 1.22. The Morgan fingerprint density at radius 2 is 1.40 bits per heavy atom. The summed E-state index contributed by atoms with van der Waals surface area (Å²) in [7, 11) is 0. The third-order valence-corrected chi connectivity index (χ3v) is 4.75. The number of benzene rings is 3. The van der Waals surface area contributed by atoms with E-state index in [1.807, 2.05) is 0 Å². The zero-order chi connectivity index (χ0) is 13.1. The summed E-state index contributed by atoms with van der Waals surface area (Å²) >= 11 is 0. The number of para-hydroxylation sites is 1. The standard InChI is InChI=1S/C19H15N/c1-2-7-15-13(6-1)12-9-5-10-14(12)18-16-8-3-4-11-17(16)20-19(15)18/h1-4,6-8,11,20H,5,9-10H2. The molecule has 1 aromatic heterocycles. The first kappa shape index (κ1) is 10.5. The summed E-state index contributed by atoms with van der Waals surface area (Å²) < 4.78 is 0. The largest absolute Gasteiger partial charge is 0.354 e. The van der Waals surface area contributed by atoms with E-state index < -0.39 is 0 Å². The molecule has 0 unspecified atom stereocenters. The lowest BCUT2D eigenvalue weighted by Crippen LogP contribution is -1.87. The van der Waals surface area contributed by atoms with Crippen LogP contribution in [0, 0.1) is 0 Å². The molecule has 0 spiro atoms. The van der Waals surface area contributed by atoms with Gasteiger partial charge in [0, 0.05) is 21.7 Å². The maximum atomic E-state index is 3.65. The summed E-state index contributed by atoms with van der Waals surface area (Å²) in [6.07, 6.45) is 3.74. The van der Waals surface area contributed by atoms with Crippen LogP contribution in [0.15, 0.2) is 48.5 Å². The minimum Gasteiger partial charge on any atom is -0.354 e. The van der Waals surface area contributed by atoms with Gasteiger partial charge in [0.1, 0.15) is 0 Å². The third kappa shape index (κ3) is 1.18. The van der Waals surface area contributed by atoms with Gasteiger partial charge in [-0.25, -0.2) is 0 Å². The van der Waals surface area contributed by atoms with Crippen molar-refractivity contribution in [3.63, 3.8) is 0 Å². The molecule has 1 heteroatoms. The van der Waals surface area contributed by atoms with E-state index in [-0.39, 0.29) is 0 Å². The number of rotatable bonds is 0. The van der Waals surface area contributed by atoms with E-state index in [2.05, 4.69) is 53.5 Å². The number of hydrogen-bond acceptors (Lipinski definition) is 0. The number of aromatic amines is 1. The predicted molar refractivity (Wildman–Crippen MR) is 85.3 cm³/mol. The van der Waals surface area contributed by atoms with Gasteiger partial charge in [-0.1, -0.05) is 42.5 Å². The van der Waals surface area contributed by atoms with E-state index in [0.29, 0.717) is 0 Å². The van der Waals surface area contributed by atoms with Crippen molar-refractivity contribution >= 4 is 32.6 Å². The molecule has 4 aromatic rings. The normalized spacial score (nSPS) is 14.4. The van der Waals surface area contributed by atoms with Gasteiger partial charge in [0.05, 0.1) is 5.52 Å². The van der Waals surface area contributed by atoms with Gasteiger partial charge in [-0.15, -0.1) is 0 Å². The third-order valence-electron chi connectivity index (χ3n) is 4.75. The van der Waals surface area contributed by atoms with Crippen LogP contribution in [-0.4, -0.2) is 4.98 Å². The van der Waals surface area contributed by atoms with Crippen molar-refractivity contribution in [3.8, 4) is 0 Å². The number of H-pyrrole nitrogens is 1. The topological polar surface area (TPSA) is 15.8 Å². The van der Waals surface area contributed by atoms with Crippen LogP contribution in [0.3, 0.4) is 0 Å². The van der Waals surface area contributed by atoms with Gasteiger partial charge >= 0.3 is 0 Å². The molecule has 0 radical (unpaired) electrons. The Morgan fingerprint density at radius 3 is 2.30 bits per heavy atom. The molecule has 0 fully saturated rings. The molecule has 0 aliphatic heterocycles. The van der Waals surface area contributed by atoms with Gasteiger partial charge in [0.15, 0.2) is 0 Å². The molecule has 1 aliphatic rings. The number of nitrogens with one attached hydrogen (secondary N) is 1. The fourth-order valence-corrected chi connectivity index (χ4v) is 3.94. The Labute approximate surface area is 117 Å². The first-order valence-electron chi connectivity index (χ1n) is 7.36. The van der Waals surface area contributed by atoms with Gasteiger partial charge in [0.25, 0.3) is 0 Å². The monoisotopic (exact) mass is 257 g/mol. The van der Waals surface area contributed by atoms with E-state index in [4.69, 9.17) is 0 Å². The lowest BCUT2D eigenvalue weighted by atomic mass is 9.95. The number of aryl methyl sites for hydroxylation is 2. The quantitative estimate of drug-likeness (QED) is 0.458. The molecule has 1 nitrogen and oxygen atoms in total. The summed E-state index contributed by atoms with van der Waals surface area (Å²) in [5.41, 5.74) is 5.74. The smallest absolute Gasteiger partial charge is 0.0547 e. The molecular weight excluding hydrogens is 242 g/mol. The van der Waals surface area contributed by atoms with Crippen LogP contribution >= 0.6 is 0 Å². The van der Waals surface area contributed by atoms with E-state index in [9.17, 15) is 0 Å². The second-order valence-corrected chi connectivity index (χ2v) is 5.78. The molecule has 0 saturated heterocycles. The van der Waals surface area contributed by atoms with Crippen molar-refractivity contribution in [2.45, 2.75) is 19.3 Å². The summed E-state index contributed by atoms with van der Waals surface area (Å²) in [6, 6.07) is 17.5. The second kappa shape index (κ2) is 3.63. The highest BCUT2D eigenvalue weighted by molar-refractivity contribution is 6.19. The molecule has 0 bridgehead atoms. The fourth-order valence-electron chi connectivity index (χ4n) is 3.94. The lowest BCUT2D eigenvalue weighted by molar-refractivity contribution is 0.916. The molecule has 20 heavy (non-hydrogen) atoms. The van der Waals surface area contributed by atoms with Crippen molar-refractivity contribution in [2.24, 2.45) is 0 Å². The van der Waals surface area contributed by atoms with E-state index >= 15 is 0 Å². The van der Waals surface area contributed by atoms with Crippen molar-refractivity contribution in [1.82, 2.24) is 4.98 Å². The predicted octanol–water partition coefficient (Wildman–Crippen LogP) is 4.96. The zero-order valence-electron chi connectivity index (χ0n) is 11.2. The van der Waals surface area contributed by atoms with E-state index in [1.54, 1.807) is 11.1 Å². The van der Waals surface area contributed by atoms with E-state index in [1.165, 1.54) is 51.8 Å². The van der Waals surface area contributed by atoms with Crippen LogP contribution in [0.1, 0.15) is 17.5 Å². The van der Waals surface area contributed by atoms with Crippen LogP contribution in [-0.2, 0) is 12.8 Å². The Morgan fingerprint density at radius 1 is 0.700 bits per heavy atom. The summed E-state index contributed by atoms with van der Waals surface area (Å²) in [5, 5.41) is 5.66. The van der Waals surface area contributed by atoms with Crippen LogP contribution < -0.4 is 0 Å². The van der Waals surface area contributed by atoms with Crippen LogP contribution in [0.5, 0.6) is 0 Å². The molecule has 5 rings (SSSR count). The maximum absolute atomic E-state index is 3.65. The van der Waals surface area contributed by atoms with Gasteiger partial charge in [-0.2, -0.15) is 0 Å². The first-order chi connectivity index (χ1) is 9.93.